The molecule has 0 aromatic carbocycles. The third-order valence-corrected chi connectivity index (χ3v) is 4.24. The third-order valence-electron chi connectivity index (χ3n) is 3.49. The third kappa shape index (κ3) is 1.74. The number of aryl methyl sites for hydroxylation is 1. The van der Waals surface area contributed by atoms with E-state index >= 15 is 0 Å². The van der Waals surface area contributed by atoms with Crippen molar-refractivity contribution in [1.82, 2.24) is 14.8 Å². The molecule has 1 saturated carbocycles. The van der Waals surface area contributed by atoms with E-state index in [9.17, 15) is 0 Å². The Morgan fingerprint density at radius 2 is 2.12 bits per heavy atom. The second kappa shape index (κ2) is 4.14. The van der Waals surface area contributed by atoms with Gasteiger partial charge in [-0.3, -0.25) is 0 Å². The maximum absolute atomic E-state index is 5.99. The Balaban J connectivity index is 2.08. The van der Waals surface area contributed by atoms with Gasteiger partial charge in [0.25, 0.3) is 0 Å². The van der Waals surface area contributed by atoms with E-state index in [1.807, 2.05) is 18.4 Å². The summed E-state index contributed by atoms with van der Waals surface area (Å²) < 4.78 is 2.27. The molecule has 17 heavy (non-hydrogen) atoms. The minimum Gasteiger partial charge on any atom is -0.390 e. The molecule has 0 atom stereocenters. The molecule has 5 heteroatoms. The van der Waals surface area contributed by atoms with Crippen molar-refractivity contribution < 1.29 is 0 Å². The standard InChI is InChI=1S/C12H16N4S/c1-8-14-15-12(10-6-7-17-11(10)13)16(8)9-4-2-3-5-9/h6-7,9H,2-5,13H2,1H3. The fourth-order valence-corrected chi connectivity index (χ4v) is 3.30. The Hall–Kier alpha value is -1.36. The Kier molecular flexibility index (Phi) is 2.63. The molecule has 2 heterocycles. The van der Waals surface area contributed by atoms with Crippen LogP contribution in [0.5, 0.6) is 0 Å². The molecule has 2 aromatic heterocycles. The average molecular weight is 248 g/mol. The number of rotatable bonds is 2. The monoisotopic (exact) mass is 248 g/mol. The summed E-state index contributed by atoms with van der Waals surface area (Å²) >= 11 is 1.56. The highest BCUT2D eigenvalue weighted by molar-refractivity contribution is 7.14. The number of hydrogen-bond donors (Lipinski definition) is 1. The van der Waals surface area contributed by atoms with Gasteiger partial charge in [0.1, 0.15) is 5.82 Å². The molecule has 0 spiro atoms. The highest BCUT2D eigenvalue weighted by atomic mass is 32.1. The van der Waals surface area contributed by atoms with Crippen LogP contribution in [0, 0.1) is 6.92 Å². The molecule has 2 aromatic rings. The Morgan fingerprint density at radius 3 is 2.76 bits per heavy atom. The molecule has 1 aliphatic rings. The number of anilines is 1. The van der Waals surface area contributed by atoms with E-state index in [0.717, 1.165) is 22.2 Å². The van der Waals surface area contributed by atoms with Gasteiger partial charge in [0.05, 0.1) is 10.6 Å². The minimum atomic E-state index is 0.555. The first-order chi connectivity index (χ1) is 8.27. The number of nitrogens with two attached hydrogens (primary N) is 1. The summed E-state index contributed by atoms with van der Waals surface area (Å²) in [6.07, 6.45) is 5.08. The fraction of sp³-hybridized carbons (Fsp3) is 0.500. The number of thiophene rings is 1. The van der Waals surface area contributed by atoms with E-state index in [2.05, 4.69) is 14.8 Å². The summed E-state index contributed by atoms with van der Waals surface area (Å²) in [5.41, 5.74) is 7.02. The van der Waals surface area contributed by atoms with Gasteiger partial charge in [-0.15, -0.1) is 21.5 Å². The summed E-state index contributed by atoms with van der Waals surface area (Å²) in [5.74, 6) is 1.94. The highest BCUT2D eigenvalue weighted by Crippen LogP contribution is 2.36. The first-order valence-electron chi connectivity index (χ1n) is 6.02. The van der Waals surface area contributed by atoms with Crippen LogP contribution >= 0.6 is 11.3 Å². The average Bonchev–Trinajstić information content (AvgIpc) is 2.98. The second-order valence-electron chi connectivity index (χ2n) is 4.58. The molecule has 4 nitrogen and oxygen atoms in total. The molecule has 90 valence electrons. The van der Waals surface area contributed by atoms with Gasteiger partial charge in [-0.25, -0.2) is 0 Å². The largest absolute Gasteiger partial charge is 0.390 e. The first-order valence-corrected chi connectivity index (χ1v) is 6.90. The minimum absolute atomic E-state index is 0.555. The van der Waals surface area contributed by atoms with Gasteiger partial charge in [-0.1, -0.05) is 12.8 Å². The SMILES string of the molecule is Cc1nnc(-c2ccsc2N)n1C1CCCC1. The van der Waals surface area contributed by atoms with Crippen LogP contribution in [-0.4, -0.2) is 14.8 Å². The van der Waals surface area contributed by atoms with Gasteiger partial charge in [0.15, 0.2) is 5.82 Å². The maximum atomic E-state index is 5.99. The molecular formula is C12H16N4S. The number of nitrogen functional groups attached to an aromatic ring is 1. The van der Waals surface area contributed by atoms with Gasteiger partial charge in [-0.2, -0.15) is 0 Å². The van der Waals surface area contributed by atoms with Crippen LogP contribution in [-0.2, 0) is 0 Å². The summed E-state index contributed by atoms with van der Waals surface area (Å²) in [5, 5.41) is 11.4. The molecule has 0 saturated heterocycles. The lowest BCUT2D eigenvalue weighted by Crippen LogP contribution is -2.08. The van der Waals surface area contributed by atoms with Crippen LogP contribution in [0.2, 0.25) is 0 Å². The number of aromatic nitrogens is 3. The lowest BCUT2D eigenvalue weighted by atomic mass is 10.2. The lowest BCUT2D eigenvalue weighted by molar-refractivity contribution is 0.510. The molecular weight excluding hydrogens is 232 g/mol. The van der Waals surface area contributed by atoms with E-state index in [4.69, 9.17) is 5.73 Å². The summed E-state index contributed by atoms with van der Waals surface area (Å²) in [4.78, 5) is 0. The molecule has 0 aliphatic heterocycles. The van der Waals surface area contributed by atoms with Gasteiger partial charge in [0.2, 0.25) is 0 Å². The summed E-state index contributed by atoms with van der Waals surface area (Å²) in [7, 11) is 0. The van der Waals surface area contributed by atoms with Gasteiger partial charge >= 0.3 is 0 Å². The van der Waals surface area contributed by atoms with Crippen molar-refractivity contribution in [1.29, 1.82) is 0 Å². The van der Waals surface area contributed by atoms with E-state index in [1.54, 1.807) is 11.3 Å². The summed E-state index contributed by atoms with van der Waals surface area (Å²) in [6, 6.07) is 2.59. The Labute approximate surface area is 104 Å². The van der Waals surface area contributed by atoms with E-state index in [1.165, 1.54) is 25.7 Å². The van der Waals surface area contributed by atoms with Crippen LogP contribution < -0.4 is 5.73 Å². The highest BCUT2D eigenvalue weighted by Gasteiger charge is 2.23. The molecule has 0 bridgehead atoms. The molecule has 3 rings (SSSR count). The van der Waals surface area contributed by atoms with Crippen molar-refractivity contribution in [3.8, 4) is 11.4 Å². The molecule has 0 radical (unpaired) electrons. The van der Waals surface area contributed by atoms with Crippen LogP contribution in [0.15, 0.2) is 11.4 Å². The zero-order valence-corrected chi connectivity index (χ0v) is 10.7. The fourth-order valence-electron chi connectivity index (χ4n) is 2.66. The second-order valence-corrected chi connectivity index (χ2v) is 5.53. The normalized spacial score (nSPS) is 16.8. The van der Waals surface area contributed by atoms with Gasteiger partial charge in [-0.05, 0) is 31.2 Å². The zero-order valence-electron chi connectivity index (χ0n) is 9.89. The number of nitrogens with zero attached hydrogens (tertiary/aromatic N) is 3. The number of hydrogen-bond acceptors (Lipinski definition) is 4. The van der Waals surface area contributed by atoms with Crippen LogP contribution in [0.1, 0.15) is 37.5 Å². The van der Waals surface area contributed by atoms with Crippen LogP contribution in [0.25, 0.3) is 11.4 Å². The predicted octanol–water partition coefficient (Wildman–Crippen LogP) is 3.01. The zero-order chi connectivity index (χ0) is 11.8. The topological polar surface area (TPSA) is 56.7 Å². The molecule has 1 aliphatic carbocycles. The lowest BCUT2D eigenvalue weighted by Gasteiger charge is -2.15. The Morgan fingerprint density at radius 1 is 1.35 bits per heavy atom. The molecule has 0 unspecified atom stereocenters. The van der Waals surface area contributed by atoms with E-state index in [-0.39, 0.29) is 0 Å². The van der Waals surface area contributed by atoms with Crippen molar-refractivity contribution in [2.75, 3.05) is 5.73 Å². The molecule has 1 fully saturated rings. The van der Waals surface area contributed by atoms with Crippen molar-refractivity contribution in [3.63, 3.8) is 0 Å². The molecule has 2 N–H and O–H groups in total. The van der Waals surface area contributed by atoms with Crippen molar-refractivity contribution >= 4 is 16.3 Å². The van der Waals surface area contributed by atoms with Gasteiger partial charge < -0.3 is 10.3 Å². The van der Waals surface area contributed by atoms with Crippen molar-refractivity contribution in [2.45, 2.75) is 38.6 Å². The van der Waals surface area contributed by atoms with Gasteiger partial charge in [0, 0.05) is 6.04 Å². The quantitative estimate of drug-likeness (QED) is 0.888. The van der Waals surface area contributed by atoms with Crippen LogP contribution in [0.4, 0.5) is 5.00 Å². The van der Waals surface area contributed by atoms with Crippen molar-refractivity contribution in [3.05, 3.63) is 17.3 Å². The van der Waals surface area contributed by atoms with E-state index < -0.39 is 0 Å². The first kappa shape index (κ1) is 10.8. The maximum Gasteiger partial charge on any atom is 0.167 e. The predicted molar refractivity (Wildman–Crippen MR) is 70.0 cm³/mol. The van der Waals surface area contributed by atoms with E-state index in [0.29, 0.717) is 6.04 Å². The smallest absolute Gasteiger partial charge is 0.167 e. The molecule has 0 amide bonds. The van der Waals surface area contributed by atoms with Crippen LogP contribution in [0.3, 0.4) is 0 Å². The van der Waals surface area contributed by atoms with Crippen molar-refractivity contribution in [2.24, 2.45) is 0 Å². The Bertz CT molecular complexity index is 522. The summed E-state index contributed by atoms with van der Waals surface area (Å²) in [6.45, 7) is 2.03.